The monoisotopic (exact) mass is 317 g/mol. The summed E-state index contributed by atoms with van der Waals surface area (Å²) >= 11 is 3.22. The Balaban J connectivity index is 1.84. The van der Waals surface area contributed by atoms with E-state index >= 15 is 0 Å². The second-order valence-corrected chi connectivity index (χ2v) is 5.59. The molecule has 5 heteroatoms. The van der Waals surface area contributed by atoms with Gasteiger partial charge in [-0.1, -0.05) is 22.0 Å². The molecule has 0 unspecified atom stereocenters. The number of aliphatic hydroxyl groups is 1. The van der Waals surface area contributed by atoms with E-state index in [2.05, 4.69) is 21.2 Å². The molecule has 1 aromatic carbocycles. The van der Waals surface area contributed by atoms with Gasteiger partial charge in [0.05, 0.1) is 5.60 Å². The molecule has 0 amide bonds. The van der Waals surface area contributed by atoms with Gasteiger partial charge in [-0.2, -0.15) is 0 Å². The van der Waals surface area contributed by atoms with Crippen LogP contribution in [0.25, 0.3) is 0 Å². The molecule has 1 heterocycles. The topological polar surface area (TPSA) is 41.5 Å². The summed E-state index contributed by atoms with van der Waals surface area (Å²) < 4.78 is 19.5. The molecule has 1 aromatic rings. The smallest absolute Gasteiger partial charge is 0.128 e. The first-order valence-corrected chi connectivity index (χ1v) is 6.83. The van der Waals surface area contributed by atoms with Crippen molar-refractivity contribution < 1.29 is 14.2 Å². The Labute approximate surface area is 114 Å². The van der Waals surface area contributed by atoms with E-state index in [1.807, 2.05) is 6.07 Å². The van der Waals surface area contributed by atoms with Gasteiger partial charge >= 0.3 is 0 Å². The zero-order valence-corrected chi connectivity index (χ0v) is 11.7. The summed E-state index contributed by atoms with van der Waals surface area (Å²) in [4.78, 5) is 0. The van der Waals surface area contributed by atoms with Crippen LogP contribution in [-0.2, 0) is 11.3 Å². The molecule has 2 rings (SSSR count). The van der Waals surface area contributed by atoms with Gasteiger partial charge in [0.1, 0.15) is 5.82 Å². The van der Waals surface area contributed by atoms with Crippen molar-refractivity contribution in [3.63, 3.8) is 0 Å². The van der Waals surface area contributed by atoms with Crippen molar-refractivity contribution in [3.05, 3.63) is 34.1 Å². The fourth-order valence-corrected chi connectivity index (χ4v) is 2.36. The molecule has 2 N–H and O–H groups in total. The zero-order chi connectivity index (χ0) is 13.0. The Morgan fingerprint density at radius 3 is 2.78 bits per heavy atom. The van der Waals surface area contributed by atoms with Crippen molar-refractivity contribution in [1.82, 2.24) is 5.32 Å². The third kappa shape index (κ3) is 3.75. The van der Waals surface area contributed by atoms with E-state index < -0.39 is 5.60 Å². The normalized spacial score (nSPS) is 18.8. The van der Waals surface area contributed by atoms with E-state index in [4.69, 9.17) is 4.74 Å². The van der Waals surface area contributed by atoms with Crippen molar-refractivity contribution >= 4 is 15.9 Å². The number of rotatable bonds is 4. The molecule has 18 heavy (non-hydrogen) atoms. The number of halogens is 2. The van der Waals surface area contributed by atoms with Crippen LogP contribution in [-0.4, -0.2) is 30.5 Å². The van der Waals surface area contributed by atoms with Gasteiger partial charge in [-0.25, -0.2) is 4.39 Å². The fraction of sp³-hybridized carbons (Fsp3) is 0.538. The molecule has 0 radical (unpaired) electrons. The zero-order valence-electron chi connectivity index (χ0n) is 10.1. The highest BCUT2D eigenvalue weighted by Gasteiger charge is 2.29. The third-order valence-corrected chi connectivity index (χ3v) is 3.70. The van der Waals surface area contributed by atoms with Crippen LogP contribution in [0.15, 0.2) is 22.7 Å². The maximum atomic E-state index is 13.6. The van der Waals surface area contributed by atoms with E-state index in [-0.39, 0.29) is 5.82 Å². The van der Waals surface area contributed by atoms with Crippen molar-refractivity contribution in [2.75, 3.05) is 19.8 Å². The lowest BCUT2D eigenvalue weighted by molar-refractivity contribution is -0.0617. The maximum Gasteiger partial charge on any atom is 0.128 e. The fourth-order valence-electron chi connectivity index (χ4n) is 2.02. The highest BCUT2D eigenvalue weighted by Crippen LogP contribution is 2.20. The number of hydrogen-bond acceptors (Lipinski definition) is 3. The third-order valence-electron chi connectivity index (χ3n) is 3.21. The first kappa shape index (κ1) is 13.9. The van der Waals surface area contributed by atoms with Crippen molar-refractivity contribution in [3.8, 4) is 0 Å². The number of benzene rings is 1. The quantitative estimate of drug-likeness (QED) is 0.894. The van der Waals surface area contributed by atoms with Gasteiger partial charge < -0.3 is 15.2 Å². The molecule has 1 aliphatic heterocycles. The maximum absolute atomic E-state index is 13.6. The molecule has 0 bridgehead atoms. The number of hydrogen-bond donors (Lipinski definition) is 2. The molecule has 100 valence electrons. The van der Waals surface area contributed by atoms with Crippen LogP contribution in [0.5, 0.6) is 0 Å². The van der Waals surface area contributed by atoms with Crippen molar-refractivity contribution in [2.45, 2.75) is 25.0 Å². The molecule has 1 saturated heterocycles. The van der Waals surface area contributed by atoms with E-state index in [9.17, 15) is 9.50 Å². The van der Waals surface area contributed by atoms with Crippen LogP contribution in [0.1, 0.15) is 18.4 Å². The molecule has 0 aliphatic carbocycles. The standard InChI is InChI=1S/C13H17BrFNO2/c14-11-2-1-10(12(15)7-11)8-16-9-13(17)3-5-18-6-4-13/h1-2,7,16-17H,3-6,8-9H2. The van der Waals surface area contributed by atoms with Crippen LogP contribution >= 0.6 is 15.9 Å². The minimum absolute atomic E-state index is 0.240. The minimum atomic E-state index is -0.718. The molecule has 0 atom stereocenters. The largest absolute Gasteiger partial charge is 0.388 e. The van der Waals surface area contributed by atoms with E-state index in [0.717, 1.165) is 4.47 Å². The summed E-state index contributed by atoms with van der Waals surface area (Å²) in [5.74, 6) is -0.240. The lowest BCUT2D eigenvalue weighted by Crippen LogP contribution is -2.44. The number of ether oxygens (including phenoxy) is 1. The summed E-state index contributed by atoms with van der Waals surface area (Å²) in [7, 11) is 0. The molecule has 1 aliphatic rings. The van der Waals surface area contributed by atoms with Crippen LogP contribution in [0.4, 0.5) is 4.39 Å². The van der Waals surface area contributed by atoms with Crippen molar-refractivity contribution in [1.29, 1.82) is 0 Å². The molecular weight excluding hydrogens is 301 g/mol. The van der Waals surface area contributed by atoms with Crippen LogP contribution in [0.2, 0.25) is 0 Å². The first-order chi connectivity index (χ1) is 8.59. The van der Waals surface area contributed by atoms with Gasteiger partial charge in [0.25, 0.3) is 0 Å². The summed E-state index contributed by atoms with van der Waals surface area (Å²) in [6, 6.07) is 4.99. The predicted octanol–water partition coefficient (Wildman–Crippen LogP) is 2.22. The Bertz CT molecular complexity index is 408. The Morgan fingerprint density at radius 2 is 2.11 bits per heavy atom. The summed E-state index contributed by atoms with van der Waals surface area (Å²) in [6.45, 7) is 2.06. The Kier molecular flexibility index (Phi) is 4.72. The van der Waals surface area contributed by atoms with Crippen LogP contribution < -0.4 is 5.32 Å². The Morgan fingerprint density at radius 1 is 1.39 bits per heavy atom. The van der Waals surface area contributed by atoms with Gasteiger partial charge in [0.2, 0.25) is 0 Å². The SMILES string of the molecule is OC1(CNCc2ccc(Br)cc2F)CCOCC1. The first-order valence-electron chi connectivity index (χ1n) is 6.04. The highest BCUT2D eigenvalue weighted by atomic mass is 79.9. The molecular formula is C13H17BrFNO2. The summed E-state index contributed by atoms with van der Waals surface area (Å²) in [5.41, 5.74) is -0.113. The number of nitrogens with one attached hydrogen (secondary N) is 1. The van der Waals surface area contributed by atoms with E-state index in [1.165, 1.54) is 6.07 Å². The van der Waals surface area contributed by atoms with Gasteiger partial charge in [-0.15, -0.1) is 0 Å². The van der Waals surface area contributed by atoms with Crippen LogP contribution in [0, 0.1) is 5.82 Å². The molecule has 0 saturated carbocycles. The second-order valence-electron chi connectivity index (χ2n) is 4.68. The lowest BCUT2D eigenvalue weighted by atomic mass is 9.94. The van der Waals surface area contributed by atoms with Gasteiger partial charge in [-0.05, 0) is 12.1 Å². The van der Waals surface area contributed by atoms with E-state index in [0.29, 0.717) is 44.7 Å². The summed E-state index contributed by atoms with van der Waals surface area (Å²) in [5, 5.41) is 13.3. The average Bonchev–Trinajstić information content (AvgIpc) is 2.33. The van der Waals surface area contributed by atoms with Gasteiger partial charge in [-0.3, -0.25) is 0 Å². The molecule has 1 fully saturated rings. The molecule has 3 nitrogen and oxygen atoms in total. The second kappa shape index (κ2) is 6.10. The summed E-state index contributed by atoms with van der Waals surface area (Å²) in [6.07, 6.45) is 1.26. The average molecular weight is 318 g/mol. The Hall–Kier alpha value is -0.490. The minimum Gasteiger partial charge on any atom is -0.388 e. The lowest BCUT2D eigenvalue weighted by Gasteiger charge is -2.32. The van der Waals surface area contributed by atoms with Gasteiger partial charge in [0.15, 0.2) is 0 Å². The highest BCUT2D eigenvalue weighted by molar-refractivity contribution is 9.10. The predicted molar refractivity (Wildman–Crippen MR) is 70.8 cm³/mol. The molecule has 0 aromatic heterocycles. The van der Waals surface area contributed by atoms with Crippen molar-refractivity contribution in [2.24, 2.45) is 0 Å². The van der Waals surface area contributed by atoms with Crippen LogP contribution in [0.3, 0.4) is 0 Å². The van der Waals surface area contributed by atoms with Gasteiger partial charge in [0, 0.05) is 49.2 Å². The van der Waals surface area contributed by atoms with E-state index in [1.54, 1.807) is 6.07 Å². The molecule has 0 spiro atoms.